The number of carbonyl (C=O) groups is 1. The lowest BCUT2D eigenvalue weighted by Gasteiger charge is -2.25. The molecular formula is C14H13NO. The Morgan fingerprint density at radius 2 is 2.00 bits per heavy atom. The number of hydrogen-bond donors (Lipinski definition) is 0. The van der Waals surface area contributed by atoms with E-state index in [0.29, 0.717) is 12.0 Å². The van der Waals surface area contributed by atoms with E-state index in [9.17, 15) is 4.79 Å². The van der Waals surface area contributed by atoms with Crippen molar-refractivity contribution in [2.75, 3.05) is 0 Å². The van der Waals surface area contributed by atoms with Crippen molar-refractivity contribution in [1.82, 2.24) is 0 Å². The Balaban J connectivity index is 2.39. The second kappa shape index (κ2) is 4.32. The molecule has 0 bridgehead atoms. The Morgan fingerprint density at radius 3 is 2.62 bits per heavy atom. The number of allylic oxidation sites excluding steroid dienone is 2. The number of rotatable bonds is 1. The highest BCUT2D eigenvalue weighted by atomic mass is 16.1. The number of benzene rings is 1. The molecule has 2 unspecified atom stereocenters. The van der Waals surface area contributed by atoms with Crippen LogP contribution in [0.15, 0.2) is 42.0 Å². The Labute approximate surface area is 95.2 Å². The van der Waals surface area contributed by atoms with Crippen LogP contribution in [0, 0.1) is 17.2 Å². The second-order valence-electron chi connectivity index (χ2n) is 4.23. The van der Waals surface area contributed by atoms with Gasteiger partial charge in [0.2, 0.25) is 0 Å². The maximum Gasteiger partial charge on any atom is 0.173 e. The van der Waals surface area contributed by atoms with Crippen LogP contribution in [0.1, 0.15) is 24.8 Å². The molecule has 1 aromatic rings. The lowest BCUT2D eigenvalue weighted by Crippen LogP contribution is -2.20. The molecule has 0 heterocycles. The van der Waals surface area contributed by atoms with E-state index >= 15 is 0 Å². The van der Waals surface area contributed by atoms with E-state index in [0.717, 1.165) is 0 Å². The van der Waals surface area contributed by atoms with E-state index < -0.39 is 0 Å². The largest absolute Gasteiger partial charge is 0.293 e. The first-order chi connectivity index (χ1) is 7.72. The Morgan fingerprint density at radius 1 is 1.31 bits per heavy atom. The summed E-state index contributed by atoms with van der Waals surface area (Å²) in [4.78, 5) is 11.5. The molecule has 16 heavy (non-hydrogen) atoms. The van der Waals surface area contributed by atoms with E-state index in [1.54, 1.807) is 0 Å². The third kappa shape index (κ3) is 1.90. The summed E-state index contributed by atoms with van der Waals surface area (Å²) >= 11 is 0. The van der Waals surface area contributed by atoms with Gasteiger partial charge in [-0.1, -0.05) is 43.3 Å². The van der Waals surface area contributed by atoms with Gasteiger partial charge < -0.3 is 0 Å². The van der Waals surface area contributed by atoms with E-state index in [4.69, 9.17) is 5.26 Å². The topological polar surface area (TPSA) is 40.9 Å². The summed E-state index contributed by atoms with van der Waals surface area (Å²) in [5, 5.41) is 8.87. The summed E-state index contributed by atoms with van der Waals surface area (Å²) in [5.74, 6) is 0.433. The van der Waals surface area contributed by atoms with E-state index in [1.165, 1.54) is 5.56 Å². The molecule has 0 amide bonds. The second-order valence-corrected chi connectivity index (χ2v) is 4.23. The first-order valence-corrected chi connectivity index (χ1v) is 5.42. The van der Waals surface area contributed by atoms with Crippen molar-refractivity contribution in [3.05, 3.63) is 47.5 Å². The van der Waals surface area contributed by atoms with Crippen LogP contribution in [-0.2, 0) is 4.79 Å². The number of hydrogen-bond acceptors (Lipinski definition) is 2. The molecule has 80 valence electrons. The van der Waals surface area contributed by atoms with Gasteiger partial charge in [-0.2, -0.15) is 5.26 Å². The summed E-state index contributed by atoms with van der Waals surface area (Å²) in [6.07, 6.45) is 2.28. The highest BCUT2D eigenvalue weighted by Crippen LogP contribution is 2.33. The Bertz CT molecular complexity index is 467. The molecule has 2 rings (SSSR count). The van der Waals surface area contributed by atoms with Gasteiger partial charge in [-0.15, -0.1) is 0 Å². The number of Topliss-reactive ketones (excluding diaryl/α,β-unsaturated/α-hetero) is 1. The molecule has 0 saturated carbocycles. The van der Waals surface area contributed by atoms with Crippen LogP contribution >= 0.6 is 0 Å². The number of nitrogens with zero attached hydrogens (tertiary/aromatic N) is 1. The lowest BCUT2D eigenvalue weighted by molar-refractivity contribution is -0.116. The van der Waals surface area contributed by atoms with Crippen molar-refractivity contribution < 1.29 is 4.79 Å². The molecule has 0 aliphatic heterocycles. The van der Waals surface area contributed by atoms with Gasteiger partial charge in [0.1, 0.15) is 6.07 Å². The van der Waals surface area contributed by atoms with Crippen LogP contribution in [0.2, 0.25) is 0 Å². The summed E-state index contributed by atoms with van der Waals surface area (Å²) < 4.78 is 0. The molecule has 1 aromatic carbocycles. The number of ketones is 1. The number of carbonyl (C=O) groups excluding carboxylic acids is 1. The van der Waals surface area contributed by atoms with Crippen molar-refractivity contribution in [2.24, 2.45) is 5.92 Å². The van der Waals surface area contributed by atoms with Gasteiger partial charge in [0, 0.05) is 12.3 Å². The Kier molecular flexibility index (Phi) is 2.87. The van der Waals surface area contributed by atoms with Crippen molar-refractivity contribution in [3.8, 4) is 6.07 Å². The zero-order chi connectivity index (χ0) is 11.5. The van der Waals surface area contributed by atoms with Gasteiger partial charge in [-0.25, -0.2) is 0 Å². The first kappa shape index (κ1) is 10.6. The normalized spacial score (nSPS) is 24.8. The number of nitriles is 1. The van der Waals surface area contributed by atoms with Gasteiger partial charge >= 0.3 is 0 Å². The van der Waals surface area contributed by atoms with Gasteiger partial charge in [-0.05, 0) is 11.5 Å². The minimum absolute atomic E-state index is 0.0258. The predicted molar refractivity (Wildman–Crippen MR) is 61.7 cm³/mol. The van der Waals surface area contributed by atoms with Crippen LogP contribution in [0.25, 0.3) is 0 Å². The third-order valence-corrected chi connectivity index (χ3v) is 3.07. The Hall–Kier alpha value is -1.88. The van der Waals surface area contributed by atoms with E-state index in [2.05, 4.69) is 6.92 Å². The summed E-state index contributed by atoms with van der Waals surface area (Å²) in [5.41, 5.74) is 1.49. The van der Waals surface area contributed by atoms with Crippen molar-refractivity contribution in [2.45, 2.75) is 19.3 Å². The molecule has 0 spiro atoms. The molecule has 0 aromatic heterocycles. The van der Waals surface area contributed by atoms with Crippen LogP contribution in [0.3, 0.4) is 0 Å². The van der Waals surface area contributed by atoms with Gasteiger partial charge in [0.15, 0.2) is 5.78 Å². The molecule has 0 fully saturated rings. The standard InChI is InChI=1S/C14H13NO/c1-10-7-14(16)12(9-15)8-13(10)11-5-3-2-4-6-11/h2-6,8,10,13H,7H2,1H3. The van der Waals surface area contributed by atoms with Crippen LogP contribution < -0.4 is 0 Å². The van der Waals surface area contributed by atoms with Crippen molar-refractivity contribution in [1.29, 1.82) is 5.26 Å². The summed E-state index contributed by atoms with van der Waals surface area (Å²) in [7, 11) is 0. The average molecular weight is 211 g/mol. The quantitative estimate of drug-likeness (QED) is 0.716. The highest BCUT2D eigenvalue weighted by molar-refractivity contribution is 6.00. The summed E-state index contributed by atoms with van der Waals surface area (Å²) in [6.45, 7) is 2.06. The fraction of sp³-hybridized carbons (Fsp3) is 0.286. The molecule has 2 heteroatoms. The fourth-order valence-corrected chi connectivity index (χ4v) is 2.17. The van der Waals surface area contributed by atoms with Crippen LogP contribution in [0.5, 0.6) is 0 Å². The minimum Gasteiger partial charge on any atom is -0.293 e. The maximum absolute atomic E-state index is 11.5. The van der Waals surface area contributed by atoms with E-state index in [-0.39, 0.29) is 17.6 Å². The van der Waals surface area contributed by atoms with Gasteiger partial charge in [0.25, 0.3) is 0 Å². The highest BCUT2D eigenvalue weighted by Gasteiger charge is 2.27. The molecule has 2 nitrogen and oxygen atoms in total. The minimum atomic E-state index is -0.0258. The lowest BCUT2D eigenvalue weighted by atomic mass is 9.78. The van der Waals surface area contributed by atoms with Gasteiger partial charge in [-0.3, -0.25) is 4.79 Å². The molecule has 0 N–H and O–H groups in total. The third-order valence-electron chi connectivity index (χ3n) is 3.07. The van der Waals surface area contributed by atoms with Crippen LogP contribution in [-0.4, -0.2) is 5.78 Å². The monoisotopic (exact) mass is 211 g/mol. The molecule has 2 atom stereocenters. The van der Waals surface area contributed by atoms with Gasteiger partial charge in [0.05, 0.1) is 5.57 Å². The van der Waals surface area contributed by atoms with Crippen molar-refractivity contribution >= 4 is 5.78 Å². The smallest absolute Gasteiger partial charge is 0.173 e. The fourth-order valence-electron chi connectivity index (χ4n) is 2.17. The molecule has 0 saturated heterocycles. The first-order valence-electron chi connectivity index (χ1n) is 5.42. The zero-order valence-corrected chi connectivity index (χ0v) is 9.18. The van der Waals surface area contributed by atoms with E-state index in [1.807, 2.05) is 42.5 Å². The SMILES string of the molecule is CC1CC(=O)C(C#N)=CC1c1ccccc1. The molecule has 0 radical (unpaired) electrons. The molecule has 1 aliphatic carbocycles. The maximum atomic E-state index is 11.5. The summed E-state index contributed by atoms with van der Waals surface area (Å²) in [6, 6.07) is 12.0. The van der Waals surface area contributed by atoms with Crippen LogP contribution in [0.4, 0.5) is 0 Å². The average Bonchev–Trinajstić information content (AvgIpc) is 2.30. The molecule has 1 aliphatic rings. The molecular weight excluding hydrogens is 198 g/mol. The predicted octanol–water partition coefficient (Wildman–Crippen LogP) is 2.83. The zero-order valence-electron chi connectivity index (χ0n) is 9.18. The van der Waals surface area contributed by atoms with Crippen molar-refractivity contribution in [3.63, 3.8) is 0 Å².